The maximum Gasteiger partial charge on any atom is 0.146 e. The largest absolute Gasteiger partial charge is 0.353 e. The lowest BCUT2D eigenvalue weighted by molar-refractivity contribution is 0.464. The van der Waals surface area contributed by atoms with Crippen molar-refractivity contribution in [2.24, 2.45) is 0 Å². The van der Waals surface area contributed by atoms with Gasteiger partial charge in [-0.3, -0.25) is 0 Å². The van der Waals surface area contributed by atoms with Crippen LogP contribution in [0.2, 0.25) is 0 Å². The summed E-state index contributed by atoms with van der Waals surface area (Å²) in [5.74, 6) is 1.16. The molecule has 24 heavy (non-hydrogen) atoms. The zero-order chi connectivity index (χ0) is 16.3. The quantitative estimate of drug-likeness (QED) is 0.921. The molecule has 5 rings (SSSR count). The number of aromatic nitrogens is 3. The van der Waals surface area contributed by atoms with Crippen molar-refractivity contribution in [2.75, 3.05) is 18.0 Å². The monoisotopic (exact) mass is 325 g/mol. The molecule has 2 atom stereocenters. The molecule has 1 N–H and O–H groups in total. The van der Waals surface area contributed by atoms with E-state index in [1.54, 1.807) is 6.33 Å². The fraction of sp³-hybridized carbons (Fsp3) is 0.684. The van der Waals surface area contributed by atoms with Crippen molar-refractivity contribution in [2.45, 2.75) is 70.5 Å². The van der Waals surface area contributed by atoms with Gasteiger partial charge in [-0.1, -0.05) is 12.8 Å². The molecule has 5 nitrogen and oxygen atoms in total. The number of rotatable bonds is 2. The van der Waals surface area contributed by atoms with E-state index in [0.717, 1.165) is 24.6 Å². The lowest BCUT2D eigenvalue weighted by atomic mass is 10.1. The number of hydrogen-bond acceptors (Lipinski definition) is 4. The Labute approximate surface area is 143 Å². The van der Waals surface area contributed by atoms with Gasteiger partial charge in [0, 0.05) is 36.9 Å². The molecule has 2 aliphatic heterocycles. The number of nitrogens with one attached hydrogen (secondary N) is 1. The van der Waals surface area contributed by atoms with Crippen molar-refractivity contribution in [3.05, 3.63) is 17.6 Å². The van der Waals surface area contributed by atoms with Crippen LogP contribution >= 0.6 is 0 Å². The summed E-state index contributed by atoms with van der Waals surface area (Å²) in [5.41, 5.74) is 3.92. The summed E-state index contributed by atoms with van der Waals surface area (Å²) in [7, 11) is 0. The van der Waals surface area contributed by atoms with Crippen molar-refractivity contribution in [3.8, 4) is 0 Å². The summed E-state index contributed by atoms with van der Waals surface area (Å²) < 4.78 is 2.51. The van der Waals surface area contributed by atoms with Crippen LogP contribution in [0.25, 0.3) is 11.0 Å². The predicted octanol–water partition coefficient (Wildman–Crippen LogP) is 3.10. The lowest BCUT2D eigenvalue weighted by Crippen LogP contribution is -2.51. The Kier molecular flexibility index (Phi) is 3.34. The Hall–Kier alpha value is -1.62. The molecule has 0 spiro atoms. The molecule has 3 fully saturated rings. The van der Waals surface area contributed by atoms with Crippen molar-refractivity contribution >= 4 is 16.9 Å². The van der Waals surface area contributed by atoms with E-state index in [0.29, 0.717) is 18.1 Å². The summed E-state index contributed by atoms with van der Waals surface area (Å²) >= 11 is 0. The molecule has 128 valence electrons. The van der Waals surface area contributed by atoms with E-state index in [1.807, 2.05) is 0 Å². The minimum Gasteiger partial charge on any atom is -0.353 e. The van der Waals surface area contributed by atoms with Crippen LogP contribution in [0.4, 0.5) is 5.82 Å². The van der Waals surface area contributed by atoms with Gasteiger partial charge in [0.2, 0.25) is 0 Å². The highest BCUT2D eigenvalue weighted by Gasteiger charge is 2.34. The maximum atomic E-state index is 4.74. The molecule has 1 aliphatic carbocycles. The summed E-state index contributed by atoms with van der Waals surface area (Å²) in [4.78, 5) is 12.0. The number of hydrogen-bond donors (Lipinski definition) is 1. The molecule has 0 radical (unpaired) electrons. The van der Waals surface area contributed by atoms with Gasteiger partial charge in [-0.25, -0.2) is 9.97 Å². The molecule has 0 amide bonds. The van der Waals surface area contributed by atoms with Gasteiger partial charge in [0.1, 0.15) is 17.8 Å². The molecule has 3 aliphatic rings. The van der Waals surface area contributed by atoms with Crippen molar-refractivity contribution in [1.29, 1.82) is 0 Å². The Morgan fingerprint density at radius 2 is 1.71 bits per heavy atom. The third-order valence-electron chi connectivity index (χ3n) is 6.52. The minimum absolute atomic E-state index is 0.628. The second-order valence-corrected chi connectivity index (χ2v) is 7.96. The Bertz CT molecular complexity index is 762. The first-order chi connectivity index (χ1) is 11.7. The highest BCUT2D eigenvalue weighted by molar-refractivity contribution is 5.92. The first kappa shape index (κ1) is 14.7. The summed E-state index contributed by atoms with van der Waals surface area (Å²) in [5, 5.41) is 5.02. The van der Waals surface area contributed by atoms with Crippen LogP contribution in [0.1, 0.15) is 55.8 Å². The fourth-order valence-corrected chi connectivity index (χ4v) is 5.22. The molecular weight excluding hydrogens is 298 g/mol. The molecule has 2 saturated heterocycles. The van der Waals surface area contributed by atoms with Crippen molar-refractivity contribution in [1.82, 2.24) is 19.9 Å². The highest BCUT2D eigenvalue weighted by Crippen LogP contribution is 2.39. The van der Waals surface area contributed by atoms with Gasteiger partial charge in [0.15, 0.2) is 0 Å². The molecule has 2 aromatic rings. The molecule has 4 heterocycles. The average molecular weight is 325 g/mol. The Morgan fingerprint density at radius 1 is 1.00 bits per heavy atom. The van der Waals surface area contributed by atoms with Crippen LogP contribution in [0.15, 0.2) is 6.33 Å². The van der Waals surface area contributed by atoms with Crippen LogP contribution in [0.5, 0.6) is 0 Å². The average Bonchev–Trinajstić information content (AvgIpc) is 3.28. The zero-order valence-corrected chi connectivity index (χ0v) is 14.8. The second kappa shape index (κ2) is 5.45. The zero-order valence-electron chi connectivity index (χ0n) is 14.8. The van der Waals surface area contributed by atoms with E-state index in [1.165, 1.54) is 55.2 Å². The number of anilines is 1. The van der Waals surface area contributed by atoms with Crippen LogP contribution in [0.3, 0.4) is 0 Å². The maximum absolute atomic E-state index is 4.74. The fourth-order valence-electron chi connectivity index (χ4n) is 5.22. The number of fused-ring (bicyclic) bond motifs is 3. The molecule has 1 saturated carbocycles. The predicted molar refractivity (Wildman–Crippen MR) is 96.7 cm³/mol. The molecule has 0 aromatic carbocycles. The standard InChI is InChI=1S/C19H27N5/c1-12-13(2)24(16-5-3-4-6-16)19-17(12)18(20-11-21-19)23-9-14-7-8-15(10-23)22-14/h11,14-16,22H,3-10H2,1-2H3. The topological polar surface area (TPSA) is 46.0 Å². The normalized spacial score (nSPS) is 27.5. The third-order valence-corrected chi connectivity index (χ3v) is 6.52. The lowest BCUT2D eigenvalue weighted by Gasteiger charge is -2.34. The van der Waals surface area contributed by atoms with Crippen molar-refractivity contribution < 1.29 is 0 Å². The van der Waals surface area contributed by atoms with Gasteiger partial charge in [0.05, 0.1) is 5.39 Å². The number of piperazine rings is 1. The van der Waals surface area contributed by atoms with Crippen LogP contribution < -0.4 is 10.2 Å². The van der Waals surface area contributed by atoms with E-state index in [4.69, 9.17) is 9.97 Å². The smallest absolute Gasteiger partial charge is 0.146 e. The van der Waals surface area contributed by atoms with Crippen LogP contribution in [-0.4, -0.2) is 39.7 Å². The van der Waals surface area contributed by atoms with Crippen molar-refractivity contribution in [3.63, 3.8) is 0 Å². The van der Waals surface area contributed by atoms with Gasteiger partial charge in [-0.05, 0) is 45.1 Å². The molecule has 2 unspecified atom stereocenters. The van der Waals surface area contributed by atoms with E-state index < -0.39 is 0 Å². The number of aryl methyl sites for hydroxylation is 1. The van der Waals surface area contributed by atoms with Crippen LogP contribution in [-0.2, 0) is 0 Å². The second-order valence-electron chi connectivity index (χ2n) is 7.96. The first-order valence-electron chi connectivity index (χ1n) is 9.55. The number of nitrogens with zero attached hydrogens (tertiary/aromatic N) is 4. The third kappa shape index (κ3) is 2.10. The Morgan fingerprint density at radius 3 is 2.42 bits per heavy atom. The molecule has 2 aromatic heterocycles. The molecule has 5 heteroatoms. The first-order valence-corrected chi connectivity index (χ1v) is 9.55. The van der Waals surface area contributed by atoms with Gasteiger partial charge in [-0.2, -0.15) is 0 Å². The SMILES string of the molecule is Cc1c(C)n(C2CCCC2)c2ncnc(N3CC4CCC(C3)N4)c12. The van der Waals surface area contributed by atoms with Gasteiger partial charge < -0.3 is 14.8 Å². The highest BCUT2D eigenvalue weighted by atomic mass is 15.3. The van der Waals surface area contributed by atoms with Gasteiger partial charge >= 0.3 is 0 Å². The summed E-state index contributed by atoms with van der Waals surface area (Å²) in [6.07, 6.45) is 9.67. The van der Waals surface area contributed by atoms with Crippen LogP contribution in [0, 0.1) is 13.8 Å². The Balaban J connectivity index is 1.63. The van der Waals surface area contributed by atoms with Gasteiger partial charge in [0.25, 0.3) is 0 Å². The van der Waals surface area contributed by atoms with E-state index in [2.05, 4.69) is 28.6 Å². The molecule has 2 bridgehead atoms. The van der Waals surface area contributed by atoms with E-state index in [-0.39, 0.29) is 0 Å². The van der Waals surface area contributed by atoms with E-state index in [9.17, 15) is 0 Å². The molecular formula is C19H27N5. The van der Waals surface area contributed by atoms with E-state index >= 15 is 0 Å². The summed E-state index contributed by atoms with van der Waals surface area (Å²) in [6.45, 7) is 6.68. The van der Waals surface area contributed by atoms with Gasteiger partial charge in [-0.15, -0.1) is 0 Å². The minimum atomic E-state index is 0.628. The summed E-state index contributed by atoms with van der Waals surface area (Å²) in [6, 6.07) is 1.89.